The van der Waals surface area contributed by atoms with Crippen molar-refractivity contribution in [1.29, 1.82) is 0 Å². The van der Waals surface area contributed by atoms with Crippen LogP contribution < -0.4 is 4.72 Å². The van der Waals surface area contributed by atoms with Crippen molar-refractivity contribution in [2.45, 2.75) is 31.7 Å². The molecule has 1 heterocycles. The summed E-state index contributed by atoms with van der Waals surface area (Å²) in [4.78, 5) is 3.87. The third kappa shape index (κ3) is 5.06. The fourth-order valence-electron chi connectivity index (χ4n) is 1.40. The number of halogens is 1. The van der Waals surface area contributed by atoms with Gasteiger partial charge in [-0.1, -0.05) is 25.4 Å². The molecule has 1 N–H and O–H groups in total. The largest absolute Gasteiger partial charge is 0.380 e. The zero-order chi connectivity index (χ0) is 14.5. The zero-order valence-corrected chi connectivity index (χ0v) is 12.8. The Balaban J connectivity index is 2.84. The molecular formula is C12H19ClN2O3S. The summed E-state index contributed by atoms with van der Waals surface area (Å²) < 4.78 is 32.3. The van der Waals surface area contributed by atoms with E-state index in [1.807, 2.05) is 20.8 Å². The monoisotopic (exact) mass is 306 g/mol. The van der Waals surface area contributed by atoms with E-state index in [1.165, 1.54) is 18.3 Å². The van der Waals surface area contributed by atoms with Crippen molar-refractivity contribution in [2.75, 3.05) is 13.2 Å². The van der Waals surface area contributed by atoms with Crippen LogP contribution in [0.15, 0.2) is 23.2 Å². The van der Waals surface area contributed by atoms with Crippen LogP contribution in [0.4, 0.5) is 0 Å². The zero-order valence-electron chi connectivity index (χ0n) is 11.3. The Morgan fingerprint density at radius 3 is 2.58 bits per heavy atom. The molecule has 0 bridgehead atoms. The molecule has 0 amide bonds. The molecule has 0 spiro atoms. The van der Waals surface area contributed by atoms with Crippen molar-refractivity contribution in [1.82, 2.24) is 9.71 Å². The predicted molar refractivity (Wildman–Crippen MR) is 74.7 cm³/mol. The maximum absolute atomic E-state index is 12.2. The van der Waals surface area contributed by atoms with Gasteiger partial charge in [0.05, 0.1) is 6.61 Å². The fraction of sp³-hybridized carbons (Fsp3) is 0.583. The van der Waals surface area contributed by atoms with Crippen LogP contribution in [-0.4, -0.2) is 32.7 Å². The Morgan fingerprint density at radius 2 is 2.11 bits per heavy atom. The molecular weight excluding hydrogens is 288 g/mol. The Hall–Kier alpha value is -0.690. The second kappa shape index (κ2) is 7.19. The average molecular weight is 307 g/mol. The molecule has 0 saturated carbocycles. The lowest BCUT2D eigenvalue weighted by molar-refractivity contribution is 0.116. The minimum absolute atomic E-state index is 0.0963. The lowest BCUT2D eigenvalue weighted by Gasteiger charge is -2.21. The number of aromatic nitrogens is 1. The number of nitrogens with zero attached hydrogens (tertiary/aromatic N) is 1. The quantitative estimate of drug-likeness (QED) is 0.783. The summed E-state index contributed by atoms with van der Waals surface area (Å²) >= 11 is 5.64. The molecule has 0 aliphatic heterocycles. The number of rotatable bonds is 7. The van der Waals surface area contributed by atoms with E-state index in [0.29, 0.717) is 13.2 Å². The van der Waals surface area contributed by atoms with E-state index < -0.39 is 10.0 Å². The van der Waals surface area contributed by atoms with Crippen LogP contribution in [0, 0.1) is 5.92 Å². The first kappa shape index (κ1) is 16.4. The molecule has 0 aromatic carbocycles. The number of hydrogen-bond donors (Lipinski definition) is 1. The lowest BCUT2D eigenvalue weighted by atomic mass is 10.1. The van der Waals surface area contributed by atoms with E-state index in [1.54, 1.807) is 0 Å². The van der Waals surface area contributed by atoms with Crippen LogP contribution >= 0.6 is 11.6 Å². The summed E-state index contributed by atoms with van der Waals surface area (Å²) in [5.74, 6) is 0.126. The minimum atomic E-state index is -3.60. The van der Waals surface area contributed by atoms with E-state index in [0.717, 1.165) is 0 Å². The van der Waals surface area contributed by atoms with Crippen molar-refractivity contribution in [2.24, 2.45) is 5.92 Å². The van der Waals surface area contributed by atoms with Crippen LogP contribution in [0.25, 0.3) is 0 Å². The molecule has 1 aromatic heterocycles. The molecule has 1 atom stereocenters. The van der Waals surface area contributed by atoms with Crippen LogP contribution in [-0.2, 0) is 14.8 Å². The van der Waals surface area contributed by atoms with Crippen molar-refractivity contribution in [3.8, 4) is 0 Å². The molecule has 0 aliphatic rings. The van der Waals surface area contributed by atoms with Crippen molar-refractivity contribution >= 4 is 21.6 Å². The number of sulfonamides is 1. The predicted octanol–water partition coefficient (Wildman–Crippen LogP) is 2.07. The van der Waals surface area contributed by atoms with E-state index in [9.17, 15) is 8.42 Å². The van der Waals surface area contributed by atoms with Gasteiger partial charge in [0.2, 0.25) is 10.0 Å². The second-order valence-electron chi connectivity index (χ2n) is 4.45. The first-order chi connectivity index (χ1) is 8.86. The molecule has 5 nitrogen and oxygen atoms in total. The van der Waals surface area contributed by atoms with Gasteiger partial charge in [0.25, 0.3) is 0 Å². The molecule has 7 heteroatoms. The SMILES string of the molecule is CCOCC(NS(=O)(=O)c1ccc(Cl)nc1)C(C)C. The summed E-state index contributed by atoms with van der Waals surface area (Å²) in [6, 6.07) is 2.60. The number of nitrogens with one attached hydrogen (secondary N) is 1. The van der Waals surface area contributed by atoms with Crippen molar-refractivity contribution in [3.05, 3.63) is 23.5 Å². The van der Waals surface area contributed by atoms with E-state index in [2.05, 4.69) is 9.71 Å². The van der Waals surface area contributed by atoms with Crippen LogP contribution in [0.5, 0.6) is 0 Å². The van der Waals surface area contributed by atoms with E-state index in [-0.39, 0.29) is 22.0 Å². The van der Waals surface area contributed by atoms with Gasteiger partial charge in [-0.3, -0.25) is 0 Å². The first-order valence-electron chi connectivity index (χ1n) is 6.08. The Morgan fingerprint density at radius 1 is 1.42 bits per heavy atom. The molecule has 0 radical (unpaired) electrons. The minimum Gasteiger partial charge on any atom is -0.380 e. The van der Waals surface area contributed by atoms with Crippen LogP contribution in [0.1, 0.15) is 20.8 Å². The van der Waals surface area contributed by atoms with Gasteiger partial charge in [0, 0.05) is 18.8 Å². The molecule has 1 rings (SSSR count). The smallest absolute Gasteiger partial charge is 0.242 e. The number of pyridine rings is 1. The molecule has 1 unspecified atom stereocenters. The molecule has 108 valence electrons. The number of ether oxygens (including phenoxy) is 1. The van der Waals surface area contributed by atoms with Gasteiger partial charge in [0.1, 0.15) is 10.0 Å². The molecule has 0 saturated heterocycles. The maximum Gasteiger partial charge on any atom is 0.242 e. The second-order valence-corrected chi connectivity index (χ2v) is 6.55. The average Bonchev–Trinajstić information content (AvgIpc) is 2.34. The normalized spacial score (nSPS) is 13.7. The van der Waals surface area contributed by atoms with Gasteiger partial charge in [-0.05, 0) is 25.0 Å². The summed E-state index contributed by atoms with van der Waals surface area (Å²) in [5.41, 5.74) is 0. The highest BCUT2D eigenvalue weighted by Gasteiger charge is 2.22. The summed E-state index contributed by atoms with van der Waals surface area (Å²) in [5, 5.41) is 0.258. The Labute approximate surface area is 119 Å². The first-order valence-corrected chi connectivity index (χ1v) is 7.94. The molecule has 1 aromatic rings. The molecule has 0 aliphatic carbocycles. The fourth-order valence-corrected chi connectivity index (χ4v) is 2.82. The van der Waals surface area contributed by atoms with Gasteiger partial charge in [-0.15, -0.1) is 0 Å². The van der Waals surface area contributed by atoms with Gasteiger partial charge in [0.15, 0.2) is 0 Å². The molecule has 0 fully saturated rings. The third-order valence-electron chi connectivity index (χ3n) is 2.62. The third-order valence-corrected chi connectivity index (χ3v) is 4.32. The summed E-state index contributed by atoms with van der Waals surface area (Å²) in [6.45, 7) is 6.63. The topological polar surface area (TPSA) is 68.3 Å². The standard InChI is InChI=1S/C12H19ClN2O3S/c1-4-18-8-11(9(2)3)15-19(16,17)10-5-6-12(13)14-7-10/h5-7,9,11,15H,4,8H2,1-3H3. The van der Waals surface area contributed by atoms with Gasteiger partial charge >= 0.3 is 0 Å². The van der Waals surface area contributed by atoms with Crippen molar-refractivity contribution < 1.29 is 13.2 Å². The highest BCUT2D eigenvalue weighted by atomic mass is 35.5. The van der Waals surface area contributed by atoms with E-state index >= 15 is 0 Å². The van der Waals surface area contributed by atoms with E-state index in [4.69, 9.17) is 16.3 Å². The van der Waals surface area contributed by atoms with Crippen molar-refractivity contribution in [3.63, 3.8) is 0 Å². The van der Waals surface area contributed by atoms with Crippen LogP contribution in [0.2, 0.25) is 5.15 Å². The Kier molecular flexibility index (Phi) is 6.19. The van der Waals surface area contributed by atoms with Gasteiger partial charge in [-0.25, -0.2) is 18.1 Å². The number of hydrogen-bond acceptors (Lipinski definition) is 4. The maximum atomic E-state index is 12.2. The van der Waals surface area contributed by atoms with Gasteiger partial charge < -0.3 is 4.74 Å². The summed E-state index contributed by atoms with van der Waals surface area (Å²) in [6.07, 6.45) is 1.24. The highest BCUT2D eigenvalue weighted by molar-refractivity contribution is 7.89. The van der Waals surface area contributed by atoms with Crippen LogP contribution in [0.3, 0.4) is 0 Å². The lowest BCUT2D eigenvalue weighted by Crippen LogP contribution is -2.41. The van der Waals surface area contributed by atoms with Gasteiger partial charge in [-0.2, -0.15) is 0 Å². The summed E-state index contributed by atoms with van der Waals surface area (Å²) in [7, 11) is -3.60. The Bertz CT molecular complexity index is 488. The highest BCUT2D eigenvalue weighted by Crippen LogP contribution is 2.13. The molecule has 19 heavy (non-hydrogen) atoms.